The van der Waals surface area contributed by atoms with Gasteiger partial charge in [-0.1, -0.05) is 17.7 Å². The van der Waals surface area contributed by atoms with Gasteiger partial charge in [-0.2, -0.15) is 5.26 Å². The largest absolute Gasteiger partial charge is 0.240 e. The lowest BCUT2D eigenvalue weighted by Gasteiger charge is -2.06. The third-order valence-electron chi connectivity index (χ3n) is 2.24. The highest BCUT2D eigenvalue weighted by molar-refractivity contribution is 7.89. The number of hydrogen-bond donors (Lipinski definition) is 1. The minimum absolute atomic E-state index is 0.232. The Morgan fingerprint density at radius 1 is 1.35 bits per heavy atom. The van der Waals surface area contributed by atoms with Crippen LogP contribution in [0.25, 0.3) is 0 Å². The van der Waals surface area contributed by atoms with Crippen molar-refractivity contribution in [1.29, 1.82) is 5.26 Å². The molecule has 1 aromatic carbocycles. The number of nitriles is 1. The van der Waals surface area contributed by atoms with E-state index in [1.165, 1.54) is 0 Å². The molecule has 17 heavy (non-hydrogen) atoms. The maximum absolute atomic E-state index is 11.8. The van der Waals surface area contributed by atoms with Gasteiger partial charge in [0.25, 0.3) is 0 Å². The molecular weight excluding hydrogens is 236 g/mol. The van der Waals surface area contributed by atoms with E-state index < -0.39 is 16.4 Å². The summed E-state index contributed by atoms with van der Waals surface area (Å²) in [5.74, 6) is 0. The number of aryl methyl sites for hydroxylation is 1. The summed E-state index contributed by atoms with van der Waals surface area (Å²) in [5.41, 5.74) is 1.00. The summed E-state index contributed by atoms with van der Waals surface area (Å²) in [4.78, 5) is 0.232. The first-order valence-corrected chi connectivity index (χ1v) is 6.82. The minimum Gasteiger partial charge on any atom is -0.211 e. The molecular formula is C12H16N2O2S. The van der Waals surface area contributed by atoms with E-state index in [9.17, 15) is 8.42 Å². The first kappa shape index (κ1) is 12.1. The predicted octanol–water partition coefficient (Wildman–Crippen LogP) is 1.97. The molecule has 4 nitrogen and oxygen atoms in total. The monoisotopic (exact) mass is 253 g/mol. The third-order valence-corrected chi connectivity index (χ3v) is 3.72. The molecule has 0 fully saturated rings. The molecule has 0 saturated heterocycles. The normalized spacial score (nSPS) is 13.8. The topological polar surface area (TPSA) is 70.0 Å². The molecule has 0 radical (unpaired) electrons. The number of nitrogens with one attached hydrogen (secondary N) is 1. The lowest BCUT2D eigenvalue weighted by atomic mass is 10.2. The molecule has 1 unspecified atom stereocenters. The average molecular weight is 253 g/mol. The van der Waals surface area contributed by atoms with Crippen LogP contribution in [0.4, 0.5) is 0 Å². The second kappa shape index (κ2) is 6.38. The number of sulfonamides is 1. The van der Waals surface area contributed by atoms with E-state index in [1.54, 1.807) is 30.3 Å². The molecule has 0 aliphatic carbocycles. The van der Waals surface area contributed by atoms with Crippen LogP contribution in [0, 0.1) is 18.3 Å². The van der Waals surface area contributed by atoms with Crippen LogP contribution < -0.4 is 4.72 Å². The Kier molecular flexibility index (Phi) is 4.54. The molecule has 1 N–H and O–H groups in total. The van der Waals surface area contributed by atoms with Crippen LogP contribution in [0.1, 0.15) is 26.2 Å². The fraction of sp³-hybridized carbons (Fsp3) is 0.417. The Hall–Kier alpha value is -1.38. The first-order valence-electron chi connectivity index (χ1n) is 5.91. The van der Waals surface area contributed by atoms with Crippen LogP contribution >= 0.6 is 0 Å². The van der Waals surface area contributed by atoms with Gasteiger partial charge in [0.15, 0.2) is 0 Å². The Balaban J connectivity index is 2.51. The van der Waals surface area contributed by atoms with Crippen LogP contribution in [0.2, 0.25) is 0 Å². The Morgan fingerprint density at radius 2 is 2.00 bits per heavy atom. The molecule has 1 rings (SSSR count). The van der Waals surface area contributed by atoms with E-state index in [0.717, 1.165) is 5.56 Å². The van der Waals surface area contributed by atoms with Crippen LogP contribution in [0.15, 0.2) is 29.2 Å². The molecule has 0 aromatic heterocycles. The lowest BCUT2D eigenvalue weighted by molar-refractivity contribution is 0.577. The highest BCUT2D eigenvalue weighted by Crippen LogP contribution is 2.09. The zero-order valence-electron chi connectivity index (χ0n) is 10.7. The molecule has 0 heterocycles. The lowest BCUT2D eigenvalue weighted by Crippen LogP contribution is -2.24. The summed E-state index contributed by atoms with van der Waals surface area (Å²) in [6, 6.07) is 8.38. The Bertz CT molecular complexity index is 520. The van der Waals surface area contributed by atoms with Crippen molar-refractivity contribution in [3.05, 3.63) is 29.8 Å². The van der Waals surface area contributed by atoms with Gasteiger partial charge in [0.2, 0.25) is 10.0 Å². The molecule has 0 amide bonds. The van der Waals surface area contributed by atoms with Crippen molar-refractivity contribution in [2.24, 2.45) is 0 Å². The molecule has 1 aromatic rings. The molecule has 0 bridgehead atoms. The highest BCUT2D eigenvalue weighted by Gasteiger charge is 2.12. The van der Waals surface area contributed by atoms with Gasteiger partial charge in [-0.25, -0.2) is 13.1 Å². The van der Waals surface area contributed by atoms with Crippen molar-refractivity contribution < 1.29 is 9.79 Å². The SMILES string of the molecule is [2H]C(C#N)CCCNS(=O)(=O)c1ccc(C)cc1. The van der Waals surface area contributed by atoms with Crippen molar-refractivity contribution in [3.63, 3.8) is 0 Å². The smallest absolute Gasteiger partial charge is 0.211 e. The van der Waals surface area contributed by atoms with Crippen molar-refractivity contribution in [2.45, 2.75) is 31.1 Å². The zero-order valence-corrected chi connectivity index (χ0v) is 10.5. The fourth-order valence-electron chi connectivity index (χ4n) is 1.28. The van der Waals surface area contributed by atoms with Crippen molar-refractivity contribution in [1.82, 2.24) is 4.72 Å². The number of nitrogens with zero attached hydrogens (tertiary/aromatic N) is 1. The summed E-state index contributed by atoms with van der Waals surface area (Å²) in [6.07, 6.45) is 0.0635. The molecule has 0 saturated carbocycles. The Morgan fingerprint density at radius 3 is 2.59 bits per heavy atom. The van der Waals surface area contributed by atoms with E-state index in [4.69, 9.17) is 6.63 Å². The van der Waals surface area contributed by atoms with Crippen LogP contribution in [0.3, 0.4) is 0 Å². The summed E-state index contributed by atoms with van der Waals surface area (Å²) in [7, 11) is -3.48. The van der Waals surface area contributed by atoms with Gasteiger partial charge in [0, 0.05) is 14.3 Å². The van der Waals surface area contributed by atoms with Crippen molar-refractivity contribution >= 4 is 10.0 Å². The molecule has 5 heteroatoms. The fourth-order valence-corrected chi connectivity index (χ4v) is 2.35. The van der Waals surface area contributed by atoms with Crippen molar-refractivity contribution in [3.8, 4) is 6.07 Å². The number of rotatable bonds is 6. The maximum atomic E-state index is 11.8. The standard InChI is InChI=1S/C12H16N2O2S/c1-11-5-7-12(8-6-11)17(15,16)14-10-4-2-3-9-13/h5-8,14H,2-4,10H2,1H3/i3D. The van der Waals surface area contributed by atoms with Gasteiger partial charge in [-0.05, 0) is 31.9 Å². The van der Waals surface area contributed by atoms with Gasteiger partial charge >= 0.3 is 0 Å². The van der Waals surface area contributed by atoms with Gasteiger partial charge in [-0.15, -0.1) is 0 Å². The number of benzene rings is 1. The zero-order chi connectivity index (χ0) is 13.6. The molecule has 92 valence electrons. The van der Waals surface area contributed by atoms with E-state index >= 15 is 0 Å². The van der Waals surface area contributed by atoms with Crippen LogP contribution in [0.5, 0.6) is 0 Å². The number of hydrogen-bond acceptors (Lipinski definition) is 3. The van der Waals surface area contributed by atoms with Crippen LogP contribution in [-0.4, -0.2) is 15.0 Å². The second-order valence-corrected chi connectivity index (χ2v) is 5.45. The van der Waals surface area contributed by atoms with Gasteiger partial charge in [0.05, 0.1) is 11.0 Å². The average Bonchev–Trinajstić information content (AvgIpc) is 2.35. The quantitative estimate of drug-likeness (QED) is 0.788. The van der Waals surface area contributed by atoms with E-state index in [-0.39, 0.29) is 11.4 Å². The maximum Gasteiger partial charge on any atom is 0.240 e. The van der Waals surface area contributed by atoms with E-state index in [0.29, 0.717) is 12.8 Å². The van der Waals surface area contributed by atoms with E-state index in [2.05, 4.69) is 4.72 Å². The summed E-state index contributed by atoms with van der Waals surface area (Å²) < 4.78 is 33.3. The van der Waals surface area contributed by atoms with Gasteiger partial charge in [-0.3, -0.25) is 0 Å². The van der Waals surface area contributed by atoms with Crippen LogP contribution in [-0.2, 0) is 10.0 Å². The molecule has 0 aliphatic heterocycles. The van der Waals surface area contributed by atoms with Gasteiger partial charge < -0.3 is 0 Å². The van der Waals surface area contributed by atoms with Crippen molar-refractivity contribution in [2.75, 3.05) is 6.54 Å². The first-order chi connectivity index (χ1) is 8.45. The predicted molar refractivity (Wildman–Crippen MR) is 65.8 cm³/mol. The third kappa shape index (κ3) is 4.55. The summed E-state index contributed by atoms with van der Waals surface area (Å²) in [6.45, 7) is 2.13. The minimum atomic E-state index is -3.48. The highest BCUT2D eigenvalue weighted by atomic mass is 32.2. The summed E-state index contributed by atoms with van der Waals surface area (Å²) in [5, 5.41) is 8.42. The summed E-state index contributed by atoms with van der Waals surface area (Å²) >= 11 is 0. The molecule has 0 aliphatic rings. The van der Waals surface area contributed by atoms with E-state index in [1.807, 2.05) is 6.92 Å². The molecule has 0 spiro atoms. The Labute approximate surface area is 104 Å². The van der Waals surface area contributed by atoms with Gasteiger partial charge in [0.1, 0.15) is 0 Å². The molecule has 1 atom stereocenters. The second-order valence-electron chi connectivity index (χ2n) is 3.69.